The van der Waals surface area contributed by atoms with Gasteiger partial charge >= 0.3 is 12.1 Å². The monoisotopic (exact) mass is 659 g/mol. The van der Waals surface area contributed by atoms with Gasteiger partial charge in [0.2, 0.25) is 5.88 Å². The molecule has 11 heteroatoms. The van der Waals surface area contributed by atoms with Crippen LogP contribution >= 0.6 is 11.8 Å². The first-order valence-corrected chi connectivity index (χ1v) is 16.5. The van der Waals surface area contributed by atoms with Gasteiger partial charge in [-0.05, 0) is 73.7 Å². The molecular formula is C36H41N3O7S. The molecular weight excluding hydrogens is 618 g/mol. The fourth-order valence-electron chi connectivity index (χ4n) is 5.67. The number of benzene rings is 3. The van der Waals surface area contributed by atoms with Crippen LogP contribution in [0.1, 0.15) is 55.6 Å². The molecule has 0 spiro atoms. The molecule has 1 aromatic heterocycles. The van der Waals surface area contributed by atoms with Gasteiger partial charge in [-0.15, -0.1) is 11.8 Å². The van der Waals surface area contributed by atoms with E-state index in [2.05, 4.69) is 29.6 Å². The molecule has 5 rings (SSSR count). The van der Waals surface area contributed by atoms with Gasteiger partial charge < -0.3 is 29.9 Å². The van der Waals surface area contributed by atoms with Crippen LogP contribution in [0.25, 0.3) is 21.9 Å². The van der Waals surface area contributed by atoms with Crippen LogP contribution in [0.4, 0.5) is 10.5 Å². The maximum absolute atomic E-state index is 13.1. The van der Waals surface area contributed by atoms with Crippen molar-refractivity contribution in [2.24, 2.45) is 0 Å². The van der Waals surface area contributed by atoms with Gasteiger partial charge in [0.15, 0.2) is 11.7 Å². The number of ether oxygens (including phenoxy) is 2. The van der Waals surface area contributed by atoms with Crippen LogP contribution in [0.15, 0.2) is 59.5 Å². The van der Waals surface area contributed by atoms with Gasteiger partial charge in [-0.1, -0.05) is 36.4 Å². The highest BCUT2D eigenvalue weighted by molar-refractivity contribution is 7.99. The number of anilines is 1. The van der Waals surface area contributed by atoms with E-state index in [1.807, 2.05) is 43.3 Å². The standard InChI is InChI=1S/C36H41N3O7S/c1-7-45-34(43)27(37-35(44)46-36(2,3)4)20-47-29-18-30(41)39(33(29)42)19-21-8-10-22(11-9-21)31-26-17-25(38(5)6)14-12-23(26)16-24-13-15-28(40)32(24)31/h8-12,14,16-18,27,41-42H,7,13,15,19-20H2,1-6H3,(H,37,44)/t27-/m0/s1. The predicted octanol–water partition coefficient (Wildman–Crippen LogP) is 6.51. The minimum atomic E-state index is -1.04. The van der Waals surface area contributed by atoms with Crippen molar-refractivity contribution in [1.82, 2.24) is 9.88 Å². The second-order valence-corrected chi connectivity index (χ2v) is 13.8. The van der Waals surface area contributed by atoms with Crippen LogP contribution in [0.5, 0.6) is 11.8 Å². The van der Waals surface area contributed by atoms with Crippen molar-refractivity contribution in [2.45, 2.75) is 63.6 Å². The average Bonchev–Trinajstić information content (AvgIpc) is 3.50. The lowest BCUT2D eigenvalue weighted by Gasteiger charge is -2.22. The molecule has 0 unspecified atom stereocenters. The van der Waals surface area contributed by atoms with Crippen LogP contribution in [0, 0.1) is 0 Å². The Morgan fingerprint density at radius 2 is 1.74 bits per heavy atom. The number of amides is 1. The molecule has 47 heavy (non-hydrogen) atoms. The number of thioether (sulfide) groups is 1. The summed E-state index contributed by atoms with van der Waals surface area (Å²) in [6.45, 7) is 7.13. The molecule has 1 aliphatic carbocycles. The number of nitrogens with one attached hydrogen (secondary N) is 1. The number of aromatic nitrogens is 1. The van der Waals surface area contributed by atoms with Gasteiger partial charge in [-0.3, -0.25) is 9.36 Å². The molecule has 0 radical (unpaired) electrons. The summed E-state index contributed by atoms with van der Waals surface area (Å²) in [5.74, 6) is -0.783. The zero-order chi connectivity index (χ0) is 34.0. The molecule has 3 N–H and O–H groups in total. The molecule has 1 atom stereocenters. The maximum Gasteiger partial charge on any atom is 0.408 e. The lowest BCUT2D eigenvalue weighted by molar-refractivity contribution is -0.145. The van der Waals surface area contributed by atoms with E-state index in [1.54, 1.807) is 27.7 Å². The molecule has 10 nitrogen and oxygen atoms in total. The van der Waals surface area contributed by atoms with Crippen LogP contribution < -0.4 is 10.2 Å². The van der Waals surface area contributed by atoms with Gasteiger partial charge in [0.1, 0.15) is 11.6 Å². The zero-order valence-corrected chi connectivity index (χ0v) is 28.4. The molecule has 248 valence electrons. The van der Waals surface area contributed by atoms with Crippen molar-refractivity contribution in [2.75, 3.05) is 31.4 Å². The number of aromatic hydroxyl groups is 2. The van der Waals surface area contributed by atoms with Crippen molar-refractivity contribution in [3.05, 3.63) is 71.3 Å². The SMILES string of the molecule is CCOC(=O)[C@H](CSc1cc(O)n(Cc2ccc(-c3c4c(cc5ccc(N(C)C)cc35)CCC4=O)cc2)c1O)NC(=O)OC(C)(C)C. The number of Topliss-reactive ketones (excluding diaryl/α,β-unsaturated/α-hetero) is 1. The molecule has 1 amide bonds. The van der Waals surface area contributed by atoms with E-state index in [9.17, 15) is 24.6 Å². The number of aryl methyl sites for hydroxylation is 1. The van der Waals surface area contributed by atoms with Gasteiger partial charge in [0.25, 0.3) is 0 Å². The first-order chi connectivity index (χ1) is 22.3. The Balaban J connectivity index is 1.37. The van der Waals surface area contributed by atoms with E-state index >= 15 is 0 Å². The van der Waals surface area contributed by atoms with Crippen molar-refractivity contribution < 1.29 is 34.1 Å². The summed E-state index contributed by atoms with van der Waals surface area (Å²) in [5.41, 5.74) is 4.81. The third-order valence-corrected chi connectivity index (χ3v) is 9.00. The van der Waals surface area contributed by atoms with E-state index in [4.69, 9.17) is 9.47 Å². The fraction of sp³-hybridized carbons (Fsp3) is 0.361. The summed E-state index contributed by atoms with van der Waals surface area (Å²) >= 11 is 1.09. The van der Waals surface area contributed by atoms with E-state index in [1.165, 1.54) is 10.6 Å². The quantitative estimate of drug-likeness (QED) is 0.129. The van der Waals surface area contributed by atoms with Gasteiger partial charge in [0, 0.05) is 49.1 Å². The smallest absolute Gasteiger partial charge is 0.408 e. The lowest BCUT2D eigenvalue weighted by atomic mass is 9.90. The van der Waals surface area contributed by atoms with Gasteiger partial charge in [-0.2, -0.15) is 0 Å². The summed E-state index contributed by atoms with van der Waals surface area (Å²) in [5, 5.41) is 26.4. The normalized spacial score (nSPS) is 13.4. The Hall–Kier alpha value is -4.64. The van der Waals surface area contributed by atoms with E-state index in [-0.39, 0.29) is 36.4 Å². The Morgan fingerprint density at radius 1 is 1.02 bits per heavy atom. The molecule has 3 aromatic carbocycles. The van der Waals surface area contributed by atoms with E-state index < -0.39 is 23.7 Å². The largest absolute Gasteiger partial charge is 0.494 e. The first kappa shape index (κ1) is 33.7. The number of hydrogen-bond donors (Lipinski definition) is 3. The minimum absolute atomic E-state index is 0.0351. The number of nitrogens with zero attached hydrogens (tertiary/aromatic N) is 2. The number of carbonyl (C=O) groups excluding carboxylic acids is 3. The average molecular weight is 660 g/mol. The predicted molar refractivity (Wildman–Crippen MR) is 184 cm³/mol. The maximum atomic E-state index is 13.1. The van der Waals surface area contributed by atoms with Gasteiger partial charge in [0.05, 0.1) is 18.0 Å². The highest BCUT2D eigenvalue weighted by Crippen LogP contribution is 2.41. The zero-order valence-electron chi connectivity index (χ0n) is 27.5. The topological polar surface area (TPSA) is 130 Å². The summed E-state index contributed by atoms with van der Waals surface area (Å²) in [6, 6.07) is 16.6. The third-order valence-electron chi connectivity index (χ3n) is 7.89. The molecule has 0 saturated carbocycles. The Kier molecular flexibility index (Phi) is 9.76. The van der Waals surface area contributed by atoms with Crippen molar-refractivity contribution in [3.63, 3.8) is 0 Å². The summed E-state index contributed by atoms with van der Waals surface area (Å²) in [7, 11) is 3.98. The van der Waals surface area contributed by atoms with Gasteiger partial charge in [-0.25, -0.2) is 9.59 Å². The number of alkyl carbamates (subject to hydrolysis) is 1. The number of rotatable bonds is 10. The van der Waals surface area contributed by atoms with Crippen LogP contribution in [0.3, 0.4) is 0 Å². The summed E-state index contributed by atoms with van der Waals surface area (Å²) in [6.07, 6.45) is 0.469. The van der Waals surface area contributed by atoms with Crippen molar-refractivity contribution >= 4 is 46.1 Å². The number of hydrogen-bond acceptors (Lipinski definition) is 9. The molecule has 4 aromatic rings. The summed E-state index contributed by atoms with van der Waals surface area (Å²) < 4.78 is 11.8. The second kappa shape index (κ2) is 13.6. The Morgan fingerprint density at radius 3 is 2.40 bits per heavy atom. The minimum Gasteiger partial charge on any atom is -0.494 e. The molecule has 0 aliphatic heterocycles. The number of ketones is 1. The van der Waals surface area contributed by atoms with E-state index in [0.717, 1.165) is 62.5 Å². The third kappa shape index (κ3) is 7.51. The molecule has 1 heterocycles. The number of fused-ring (bicyclic) bond motifs is 2. The highest BCUT2D eigenvalue weighted by Gasteiger charge is 2.28. The lowest BCUT2D eigenvalue weighted by Crippen LogP contribution is -2.45. The first-order valence-electron chi connectivity index (χ1n) is 15.6. The van der Waals surface area contributed by atoms with Crippen LogP contribution in [-0.4, -0.2) is 70.7 Å². The molecule has 0 fully saturated rings. The fourth-order valence-corrected chi connectivity index (χ4v) is 6.66. The highest BCUT2D eigenvalue weighted by atomic mass is 32.2. The number of esters is 1. The summed E-state index contributed by atoms with van der Waals surface area (Å²) in [4.78, 5) is 40.3. The van der Waals surface area contributed by atoms with Crippen molar-refractivity contribution in [3.8, 4) is 22.9 Å². The van der Waals surface area contributed by atoms with Crippen LogP contribution in [-0.2, 0) is 27.2 Å². The Labute approximate surface area is 278 Å². The number of carbonyl (C=O) groups is 3. The van der Waals surface area contributed by atoms with E-state index in [0.29, 0.717) is 11.3 Å². The second-order valence-electron chi connectivity index (χ2n) is 12.7. The van der Waals surface area contributed by atoms with Crippen LogP contribution in [0.2, 0.25) is 0 Å². The van der Waals surface area contributed by atoms with Crippen molar-refractivity contribution in [1.29, 1.82) is 0 Å². The molecule has 0 bridgehead atoms. The Bertz CT molecular complexity index is 1820. The molecule has 1 aliphatic rings. The molecule has 0 saturated heterocycles.